The number of esters is 1. The van der Waals surface area contributed by atoms with Crippen LogP contribution in [0.15, 0.2) is 42.5 Å². The zero-order chi connectivity index (χ0) is 14.5. The highest BCUT2D eigenvalue weighted by Gasteiger charge is 2.12. The Morgan fingerprint density at radius 3 is 2.45 bits per heavy atom. The molecule has 0 aromatic heterocycles. The third-order valence-electron chi connectivity index (χ3n) is 2.60. The van der Waals surface area contributed by atoms with Gasteiger partial charge in [0.25, 0.3) is 0 Å². The first-order chi connectivity index (χ1) is 9.60. The van der Waals surface area contributed by atoms with Gasteiger partial charge < -0.3 is 4.74 Å². The van der Waals surface area contributed by atoms with Crippen LogP contribution in [0.1, 0.15) is 21.5 Å². The zero-order valence-corrected chi connectivity index (χ0v) is 11.8. The van der Waals surface area contributed by atoms with Crippen LogP contribution in [0.5, 0.6) is 0 Å². The van der Waals surface area contributed by atoms with Gasteiger partial charge in [0.1, 0.15) is 6.61 Å². The number of ether oxygens (including phenoxy) is 1. The fraction of sp³-hybridized carbons (Fsp3) is 0.0667. The summed E-state index contributed by atoms with van der Waals surface area (Å²) in [5.41, 5.74) is 1.62. The molecule has 0 amide bonds. The Hall–Kier alpha value is -2.02. The SMILES string of the molecule is N#Cc1ccc(COC(=O)c2ccc(Cl)cc2Cl)cc1. The van der Waals surface area contributed by atoms with Crippen molar-refractivity contribution in [3.8, 4) is 6.07 Å². The largest absolute Gasteiger partial charge is 0.457 e. The van der Waals surface area contributed by atoms with Crippen LogP contribution in [0.4, 0.5) is 0 Å². The van der Waals surface area contributed by atoms with E-state index in [1.54, 1.807) is 30.3 Å². The summed E-state index contributed by atoms with van der Waals surface area (Å²) in [6, 6.07) is 13.4. The van der Waals surface area contributed by atoms with Crippen molar-refractivity contribution in [2.24, 2.45) is 0 Å². The fourth-order valence-electron chi connectivity index (χ4n) is 1.56. The van der Waals surface area contributed by atoms with Gasteiger partial charge in [0.15, 0.2) is 0 Å². The van der Waals surface area contributed by atoms with Crippen molar-refractivity contribution in [2.45, 2.75) is 6.61 Å². The molecule has 0 saturated carbocycles. The van der Waals surface area contributed by atoms with Crippen LogP contribution in [0.25, 0.3) is 0 Å². The highest BCUT2D eigenvalue weighted by atomic mass is 35.5. The van der Waals surface area contributed by atoms with E-state index in [9.17, 15) is 4.79 Å². The Labute approximate surface area is 126 Å². The molecular formula is C15H9Cl2NO2. The van der Waals surface area contributed by atoms with Crippen LogP contribution >= 0.6 is 23.2 Å². The average molecular weight is 306 g/mol. The second kappa shape index (κ2) is 6.42. The van der Waals surface area contributed by atoms with Crippen molar-refractivity contribution in [1.29, 1.82) is 5.26 Å². The van der Waals surface area contributed by atoms with E-state index in [0.717, 1.165) is 5.56 Å². The van der Waals surface area contributed by atoms with Gasteiger partial charge in [-0.2, -0.15) is 5.26 Å². The number of rotatable bonds is 3. The topological polar surface area (TPSA) is 50.1 Å². The first-order valence-corrected chi connectivity index (χ1v) is 6.47. The standard InChI is InChI=1S/C15H9Cl2NO2/c16-12-5-6-13(14(17)7-12)15(19)20-9-11-3-1-10(8-18)2-4-11/h1-7H,9H2. The van der Waals surface area contributed by atoms with E-state index < -0.39 is 5.97 Å². The second-order valence-corrected chi connectivity index (χ2v) is 4.85. The lowest BCUT2D eigenvalue weighted by molar-refractivity contribution is 0.0473. The van der Waals surface area contributed by atoms with E-state index in [0.29, 0.717) is 10.6 Å². The molecule has 0 N–H and O–H groups in total. The predicted molar refractivity (Wildman–Crippen MR) is 76.7 cm³/mol. The fourth-order valence-corrected chi connectivity index (χ4v) is 2.04. The molecule has 0 aliphatic carbocycles. The van der Waals surface area contributed by atoms with Crippen LogP contribution < -0.4 is 0 Å². The Kier molecular flexibility index (Phi) is 4.62. The molecule has 3 nitrogen and oxygen atoms in total. The number of hydrogen-bond acceptors (Lipinski definition) is 3. The minimum atomic E-state index is -0.518. The van der Waals surface area contributed by atoms with E-state index in [-0.39, 0.29) is 17.2 Å². The van der Waals surface area contributed by atoms with E-state index in [4.69, 9.17) is 33.2 Å². The van der Waals surface area contributed by atoms with E-state index in [2.05, 4.69) is 0 Å². The quantitative estimate of drug-likeness (QED) is 0.798. The van der Waals surface area contributed by atoms with Crippen molar-refractivity contribution in [3.63, 3.8) is 0 Å². The van der Waals surface area contributed by atoms with Gasteiger partial charge in [0.2, 0.25) is 0 Å². The summed E-state index contributed by atoms with van der Waals surface area (Å²) in [7, 11) is 0. The van der Waals surface area contributed by atoms with Gasteiger partial charge in [-0.1, -0.05) is 35.3 Å². The van der Waals surface area contributed by atoms with Gasteiger partial charge in [-0.25, -0.2) is 4.79 Å². The Balaban J connectivity index is 2.03. The normalized spacial score (nSPS) is 9.85. The van der Waals surface area contributed by atoms with Crippen LogP contribution in [0, 0.1) is 11.3 Å². The molecule has 0 bridgehead atoms. The predicted octanol–water partition coefficient (Wildman–Crippen LogP) is 4.22. The number of carbonyl (C=O) groups is 1. The summed E-state index contributed by atoms with van der Waals surface area (Å²) in [5.74, 6) is -0.518. The monoisotopic (exact) mass is 305 g/mol. The zero-order valence-electron chi connectivity index (χ0n) is 10.3. The van der Waals surface area contributed by atoms with Crippen molar-refractivity contribution in [3.05, 3.63) is 69.2 Å². The Morgan fingerprint density at radius 1 is 1.15 bits per heavy atom. The lowest BCUT2D eigenvalue weighted by Crippen LogP contribution is -2.05. The van der Waals surface area contributed by atoms with Gasteiger partial charge in [-0.05, 0) is 35.9 Å². The van der Waals surface area contributed by atoms with Crippen LogP contribution in [0.2, 0.25) is 10.0 Å². The lowest BCUT2D eigenvalue weighted by atomic mass is 10.1. The van der Waals surface area contributed by atoms with E-state index in [1.165, 1.54) is 12.1 Å². The molecule has 0 unspecified atom stereocenters. The lowest BCUT2D eigenvalue weighted by Gasteiger charge is -2.06. The summed E-state index contributed by atoms with van der Waals surface area (Å²) in [5, 5.41) is 9.40. The molecule has 0 saturated heterocycles. The molecule has 5 heteroatoms. The van der Waals surface area contributed by atoms with Crippen molar-refractivity contribution in [1.82, 2.24) is 0 Å². The minimum absolute atomic E-state index is 0.115. The molecule has 2 aromatic rings. The molecule has 0 fully saturated rings. The third-order valence-corrected chi connectivity index (χ3v) is 3.15. The molecule has 20 heavy (non-hydrogen) atoms. The molecule has 0 heterocycles. The maximum atomic E-state index is 11.9. The first-order valence-electron chi connectivity index (χ1n) is 5.71. The minimum Gasteiger partial charge on any atom is -0.457 e. The molecule has 0 atom stereocenters. The highest BCUT2D eigenvalue weighted by molar-refractivity contribution is 6.36. The highest BCUT2D eigenvalue weighted by Crippen LogP contribution is 2.22. The first kappa shape index (κ1) is 14.4. The number of nitriles is 1. The molecule has 0 radical (unpaired) electrons. The molecular weight excluding hydrogens is 297 g/mol. The van der Waals surface area contributed by atoms with E-state index in [1.807, 2.05) is 6.07 Å². The number of nitrogens with zero attached hydrogens (tertiary/aromatic N) is 1. The Morgan fingerprint density at radius 2 is 1.85 bits per heavy atom. The molecule has 2 aromatic carbocycles. The van der Waals surface area contributed by atoms with Gasteiger partial charge >= 0.3 is 5.97 Å². The van der Waals surface area contributed by atoms with Crippen molar-refractivity contribution >= 4 is 29.2 Å². The molecule has 2 rings (SSSR count). The van der Waals surface area contributed by atoms with Crippen LogP contribution in [0.3, 0.4) is 0 Å². The molecule has 100 valence electrons. The number of benzene rings is 2. The molecule has 0 aliphatic rings. The van der Waals surface area contributed by atoms with Gasteiger partial charge in [-0.3, -0.25) is 0 Å². The van der Waals surface area contributed by atoms with Crippen LogP contribution in [-0.2, 0) is 11.3 Å². The molecule has 0 aliphatic heterocycles. The number of hydrogen-bond donors (Lipinski definition) is 0. The average Bonchev–Trinajstić information content (AvgIpc) is 2.45. The number of carbonyl (C=O) groups excluding carboxylic acids is 1. The maximum Gasteiger partial charge on any atom is 0.339 e. The Bertz CT molecular complexity index is 675. The summed E-state index contributed by atoms with van der Waals surface area (Å²) in [6.07, 6.45) is 0. The summed E-state index contributed by atoms with van der Waals surface area (Å²) < 4.78 is 5.16. The van der Waals surface area contributed by atoms with Gasteiger partial charge in [0, 0.05) is 5.02 Å². The summed E-state index contributed by atoms with van der Waals surface area (Å²) >= 11 is 11.7. The third kappa shape index (κ3) is 3.51. The van der Waals surface area contributed by atoms with Gasteiger partial charge in [-0.15, -0.1) is 0 Å². The van der Waals surface area contributed by atoms with Crippen molar-refractivity contribution in [2.75, 3.05) is 0 Å². The second-order valence-electron chi connectivity index (χ2n) is 4.01. The van der Waals surface area contributed by atoms with Crippen molar-refractivity contribution < 1.29 is 9.53 Å². The van der Waals surface area contributed by atoms with E-state index >= 15 is 0 Å². The summed E-state index contributed by atoms with van der Waals surface area (Å²) in [4.78, 5) is 11.9. The summed E-state index contributed by atoms with van der Waals surface area (Å²) in [6.45, 7) is 0.115. The maximum absolute atomic E-state index is 11.9. The smallest absolute Gasteiger partial charge is 0.339 e. The molecule has 0 spiro atoms. The van der Waals surface area contributed by atoms with Crippen LogP contribution in [-0.4, -0.2) is 5.97 Å². The number of halogens is 2. The van der Waals surface area contributed by atoms with Gasteiger partial charge in [0.05, 0.1) is 22.2 Å².